The lowest BCUT2D eigenvalue weighted by atomic mass is 9.97. The summed E-state index contributed by atoms with van der Waals surface area (Å²) in [6.45, 7) is 4.31. The molecule has 5 nitrogen and oxygen atoms in total. The van der Waals surface area contributed by atoms with Gasteiger partial charge in [0.25, 0.3) is 5.91 Å². The zero-order valence-electron chi connectivity index (χ0n) is 20.2. The number of hydrogen-bond acceptors (Lipinski definition) is 5. The molecule has 0 bridgehead atoms. The Hall–Kier alpha value is -4.03. The number of benzene rings is 3. The number of para-hydroxylation sites is 1. The minimum atomic E-state index is -0.419. The van der Waals surface area contributed by atoms with Crippen molar-refractivity contribution < 1.29 is 14.3 Å². The van der Waals surface area contributed by atoms with Crippen molar-refractivity contribution in [1.29, 1.82) is 0 Å². The Labute approximate surface area is 213 Å². The van der Waals surface area contributed by atoms with Crippen LogP contribution in [0.25, 0.3) is 32.2 Å². The molecule has 1 amide bonds. The summed E-state index contributed by atoms with van der Waals surface area (Å²) in [6.07, 6.45) is 1.72. The molecule has 0 fully saturated rings. The Morgan fingerprint density at radius 3 is 2.36 bits per heavy atom. The van der Waals surface area contributed by atoms with Crippen LogP contribution in [0.5, 0.6) is 0 Å². The number of carbonyl (C=O) groups is 2. The number of nitrogens with zero attached hydrogens (tertiary/aromatic N) is 1. The molecule has 0 saturated heterocycles. The van der Waals surface area contributed by atoms with Crippen molar-refractivity contribution in [2.45, 2.75) is 26.7 Å². The number of ether oxygens (including phenoxy) is 1. The second kappa shape index (κ2) is 10.3. The lowest BCUT2D eigenvalue weighted by Gasteiger charge is -2.15. The van der Waals surface area contributed by atoms with Gasteiger partial charge in [-0.3, -0.25) is 4.79 Å². The van der Waals surface area contributed by atoms with E-state index in [0.29, 0.717) is 22.7 Å². The fraction of sp³-hybridized carbons (Fsp3) is 0.167. The van der Waals surface area contributed by atoms with Gasteiger partial charge in [0.05, 0.1) is 23.4 Å². The number of rotatable bonds is 7. The van der Waals surface area contributed by atoms with E-state index in [4.69, 9.17) is 9.72 Å². The van der Waals surface area contributed by atoms with E-state index >= 15 is 0 Å². The van der Waals surface area contributed by atoms with Gasteiger partial charge in [-0.25, -0.2) is 9.78 Å². The Kier molecular flexibility index (Phi) is 6.78. The van der Waals surface area contributed by atoms with E-state index in [0.717, 1.165) is 50.7 Å². The van der Waals surface area contributed by atoms with Gasteiger partial charge >= 0.3 is 5.97 Å². The topological polar surface area (TPSA) is 68.3 Å². The number of aromatic nitrogens is 1. The fourth-order valence-electron chi connectivity index (χ4n) is 4.36. The number of anilines is 1. The molecular weight excluding hydrogens is 468 g/mol. The van der Waals surface area contributed by atoms with Crippen LogP contribution in [0.2, 0.25) is 0 Å². The first kappa shape index (κ1) is 23.7. The van der Waals surface area contributed by atoms with Crippen LogP contribution < -0.4 is 5.32 Å². The van der Waals surface area contributed by atoms with Gasteiger partial charge in [0.2, 0.25) is 0 Å². The summed E-state index contributed by atoms with van der Waals surface area (Å²) in [6, 6.07) is 25.1. The summed E-state index contributed by atoms with van der Waals surface area (Å²) in [5, 5.41) is 5.08. The van der Waals surface area contributed by atoms with E-state index in [2.05, 4.69) is 5.32 Å². The summed E-state index contributed by atoms with van der Waals surface area (Å²) in [5.41, 5.74) is 4.17. The van der Waals surface area contributed by atoms with E-state index in [1.54, 1.807) is 0 Å². The van der Waals surface area contributed by atoms with Crippen LogP contribution in [0.15, 0.2) is 78.9 Å². The Morgan fingerprint density at radius 2 is 1.58 bits per heavy atom. The van der Waals surface area contributed by atoms with Gasteiger partial charge in [-0.2, -0.15) is 0 Å². The lowest BCUT2D eigenvalue weighted by Crippen LogP contribution is -2.17. The van der Waals surface area contributed by atoms with Crippen molar-refractivity contribution in [2.24, 2.45) is 0 Å². The highest BCUT2D eigenvalue weighted by Crippen LogP contribution is 2.37. The number of thiophene rings is 1. The van der Waals surface area contributed by atoms with Crippen molar-refractivity contribution in [3.05, 3.63) is 95.6 Å². The largest absolute Gasteiger partial charge is 0.462 e. The highest BCUT2D eigenvalue weighted by molar-refractivity contribution is 7.23. The second-order valence-corrected chi connectivity index (χ2v) is 9.64. The summed E-state index contributed by atoms with van der Waals surface area (Å²) >= 11 is 1.38. The molecule has 0 spiro atoms. The standard InChI is InChI=1S/C30H26N2O3S/c1-3-4-18-35-30(34)26-22-15-9-11-17-24(22)36-29(26)32-28(33)25-19(2)27(20-12-6-5-7-13-20)31-23-16-10-8-14-21(23)25/h5-17H,3-4,18H2,1-2H3,(H,32,33). The smallest absolute Gasteiger partial charge is 0.341 e. The average molecular weight is 495 g/mol. The molecule has 0 aliphatic rings. The first-order valence-electron chi connectivity index (χ1n) is 12.0. The Bertz CT molecular complexity index is 1570. The first-order chi connectivity index (χ1) is 17.6. The molecule has 0 aliphatic carbocycles. The van der Waals surface area contributed by atoms with E-state index in [1.807, 2.05) is 92.7 Å². The van der Waals surface area contributed by atoms with E-state index in [-0.39, 0.29) is 5.91 Å². The number of esters is 1. The van der Waals surface area contributed by atoms with Gasteiger partial charge in [0.1, 0.15) is 10.6 Å². The van der Waals surface area contributed by atoms with Gasteiger partial charge in [-0.1, -0.05) is 80.1 Å². The van der Waals surface area contributed by atoms with Crippen LogP contribution in [-0.4, -0.2) is 23.5 Å². The average Bonchev–Trinajstić information content (AvgIpc) is 3.26. The van der Waals surface area contributed by atoms with Gasteiger partial charge in [0.15, 0.2) is 0 Å². The second-order valence-electron chi connectivity index (χ2n) is 8.59. The van der Waals surface area contributed by atoms with Crippen LogP contribution in [0.3, 0.4) is 0 Å². The van der Waals surface area contributed by atoms with Crippen molar-refractivity contribution >= 4 is 49.2 Å². The van der Waals surface area contributed by atoms with Crippen LogP contribution in [0.4, 0.5) is 5.00 Å². The lowest BCUT2D eigenvalue weighted by molar-refractivity contribution is 0.0503. The zero-order valence-corrected chi connectivity index (χ0v) is 21.0. The minimum absolute atomic E-state index is 0.280. The molecule has 6 heteroatoms. The van der Waals surface area contributed by atoms with Crippen molar-refractivity contribution in [3.8, 4) is 11.3 Å². The predicted octanol–water partition coefficient (Wildman–Crippen LogP) is 7.63. The summed E-state index contributed by atoms with van der Waals surface area (Å²) in [5.74, 6) is -0.699. The maximum atomic E-state index is 13.9. The third kappa shape index (κ3) is 4.48. The Balaban J connectivity index is 1.60. The number of pyridine rings is 1. The van der Waals surface area contributed by atoms with E-state index < -0.39 is 5.97 Å². The first-order valence-corrected chi connectivity index (χ1v) is 12.8. The monoisotopic (exact) mass is 494 g/mol. The number of amides is 1. The molecule has 1 N–H and O–H groups in total. The van der Waals surface area contributed by atoms with Crippen LogP contribution in [-0.2, 0) is 4.74 Å². The quantitative estimate of drug-likeness (QED) is 0.186. The Morgan fingerprint density at radius 1 is 0.889 bits per heavy atom. The molecule has 180 valence electrons. The third-order valence-corrected chi connectivity index (χ3v) is 7.25. The molecule has 36 heavy (non-hydrogen) atoms. The summed E-state index contributed by atoms with van der Waals surface area (Å²) < 4.78 is 6.45. The number of fused-ring (bicyclic) bond motifs is 2. The molecule has 3 aromatic carbocycles. The van der Waals surface area contributed by atoms with Crippen molar-refractivity contribution in [2.75, 3.05) is 11.9 Å². The van der Waals surface area contributed by atoms with E-state index in [9.17, 15) is 9.59 Å². The number of carbonyl (C=O) groups excluding carboxylic acids is 2. The minimum Gasteiger partial charge on any atom is -0.462 e. The highest BCUT2D eigenvalue weighted by Gasteiger charge is 2.24. The number of nitrogens with one attached hydrogen (secondary N) is 1. The molecule has 5 rings (SSSR count). The van der Waals surface area contributed by atoms with Crippen LogP contribution in [0, 0.1) is 6.92 Å². The molecule has 0 aliphatic heterocycles. The van der Waals surface area contributed by atoms with Gasteiger partial charge < -0.3 is 10.1 Å². The molecule has 0 unspecified atom stereocenters. The summed E-state index contributed by atoms with van der Waals surface area (Å²) in [7, 11) is 0. The zero-order chi connectivity index (χ0) is 25.1. The van der Waals surface area contributed by atoms with Crippen LogP contribution >= 0.6 is 11.3 Å². The molecule has 0 atom stereocenters. The normalized spacial score (nSPS) is 11.1. The van der Waals surface area contributed by atoms with Crippen LogP contribution in [0.1, 0.15) is 46.0 Å². The van der Waals surface area contributed by atoms with Crippen molar-refractivity contribution in [3.63, 3.8) is 0 Å². The maximum absolute atomic E-state index is 13.9. The van der Waals surface area contributed by atoms with Gasteiger partial charge in [-0.05, 0) is 31.0 Å². The molecule has 2 aromatic heterocycles. The van der Waals surface area contributed by atoms with Crippen molar-refractivity contribution in [1.82, 2.24) is 4.98 Å². The maximum Gasteiger partial charge on any atom is 0.341 e. The molecule has 5 aromatic rings. The van der Waals surface area contributed by atoms with E-state index in [1.165, 1.54) is 11.3 Å². The SMILES string of the molecule is CCCCOC(=O)c1c(NC(=O)c2c(C)c(-c3ccccc3)nc3ccccc23)sc2ccccc12. The molecule has 2 heterocycles. The fourth-order valence-corrected chi connectivity index (χ4v) is 5.45. The number of hydrogen-bond donors (Lipinski definition) is 1. The third-order valence-electron chi connectivity index (χ3n) is 6.17. The molecule has 0 radical (unpaired) electrons. The summed E-state index contributed by atoms with van der Waals surface area (Å²) in [4.78, 5) is 31.8. The molecule has 0 saturated carbocycles. The molecular formula is C30H26N2O3S. The number of unbranched alkanes of at least 4 members (excludes halogenated alkanes) is 1. The van der Waals surface area contributed by atoms with Gasteiger partial charge in [0, 0.05) is 21.0 Å². The predicted molar refractivity (Wildman–Crippen MR) is 147 cm³/mol. The highest BCUT2D eigenvalue weighted by atomic mass is 32.1. The van der Waals surface area contributed by atoms with Gasteiger partial charge in [-0.15, -0.1) is 11.3 Å².